The largest absolute Gasteiger partial charge is 0.383 e. The van der Waals surface area contributed by atoms with E-state index < -0.39 is 5.60 Å². The number of aromatic nitrogens is 1. The predicted molar refractivity (Wildman–Crippen MR) is 53.9 cm³/mol. The quantitative estimate of drug-likeness (QED) is 0.732. The Bertz CT molecular complexity index is 384. The van der Waals surface area contributed by atoms with Gasteiger partial charge in [0, 0.05) is 5.69 Å². The molecular formula is C12H15NO. The van der Waals surface area contributed by atoms with Crippen molar-refractivity contribution < 1.29 is 5.11 Å². The zero-order valence-corrected chi connectivity index (χ0v) is 8.45. The van der Waals surface area contributed by atoms with E-state index in [0.29, 0.717) is 5.92 Å². The minimum absolute atomic E-state index is 0.484. The molecule has 1 aromatic rings. The normalized spacial score (nSPS) is 30.4. The van der Waals surface area contributed by atoms with Crippen LogP contribution in [0.1, 0.15) is 36.2 Å². The highest BCUT2D eigenvalue weighted by Crippen LogP contribution is 2.51. The molecule has 2 nitrogen and oxygen atoms in total. The van der Waals surface area contributed by atoms with Gasteiger partial charge in [0.25, 0.3) is 0 Å². The number of hydrogen-bond acceptors (Lipinski definition) is 2. The monoisotopic (exact) mass is 189 g/mol. The van der Waals surface area contributed by atoms with E-state index in [0.717, 1.165) is 24.2 Å². The van der Waals surface area contributed by atoms with Crippen molar-refractivity contribution in [3.8, 4) is 0 Å². The maximum Gasteiger partial charge on any atom is 0.110 e. The molecule has 74 valence electrons. The van der Waals surface area contributed by atoms with Crippen molar-refractivity contribution >= 4 is 0 Å². The lowest BCUT2D eigenvalue weighted by atomic mass is 9.95. The number of rotatable bonds is 1. The molecule has 0 bridgehead atoms. The molecule has 0 saturated heterocycles. The molecule has 1 unspecified atom stereocenters. The predicted octanol–water partition coefficient (Wildman–Crippen LogP) is 1.93. The highest BCUT2D eigenvalue weighted by Gasteiger charge is 2.49. The van der Waals surface area contributed by atoms with Crippen molar-refractivity contribution in [3.63, 3.8) is 0 Å². The smallest absolute Gasteiger partial charge is 0.110 e. The van der Waals surface area contributed by atoms with Gasteiger partial charge in [0.15, 0.2) is 0 Å². The van der Waals surface area contributed by atoms with Crippen LogP contribution in [0.2, 0.25) is 0 Å². The lowest BCUT2D eigenvalue weighted by Crippen LogP contribution is -2.26. The van der Waals surface area contributed by atoms with Crippen LogP contribution in [0.4, 0.5) is 0 Å². The Kier molecular flexibility index (Phi) is 1.55. The highest BCUT2D eigenvalue weighted by atomic mass is 16.3. The summed E-state index contributed by atoms with van der Waals surface area (Å²) in [5, 5.41) is 10.5. The molecule has 1 atom stereocenters. The minimum Gasteiger partial charge on any atom is -0.383 e. The van der Waals surface area contributed by atoms with E-state index in [1.807, 2.05) is 13.0 Å². The summed E-state index contributed by atoms with van der Waals surface area (Å²) in [4.78, 5) is 4.52. The highest BCUT2D eigenvalue weighted by molar-refractivity contribution is 5.34. The van der Waals surface area contributed by atoms with Crippen LogP contribution in [0, 0.1) is 12.8 Å². The molecule has 1 fully saturated rings. The van der Waals surface area contributed by atoms with Gasteiger partial charge in [-0.25, -0.2) is 0 Å². The van der Waals surface area contributed by atoms with Gasteiger partial charge in [-0.2, -0.15) is 0 Å². The van der Waals surface area contributed by atoms with Crippen molar-refractivity contribution in [3.05, 3.63) is 29.1 Å². The van der Waals surface area contributed by atoms with Crippen LogP contribution in [-0.2, 0) is 12.0 Å². The Morgan fingerprint density at radius 3 is 2.93 bits per heavy atom. The molecule has 1 N–H and O–H groups in total. The van der Waals surface area contributed by atoms with Gasteiger partial charge >= 0.3 is 0 Å². The van der Waals surface area contributed by atoms with Crippen molar-refractivity contribution in [1.82, 2.24) is 4.98 Å². The fraction of sp³-hybridized carbons (Fsp3) is 0.583. The molecule has 1 aromatic heterocycles. The van der Waals surface area contributed by atoms with Crippen molar-refractivity contribution in [1.29, 1.82) is 0 Å². The number of aryl methyl sites for hydroxylation is 2. The first-order chi connectivity index (χ1) is 6.70. The summed E-state index contributed by atoms with van der Waals surface area (Å²) in [7, 11) is 0. The molecule has 0 aromatic carbocycles. The molecule has 14 heavy (non-hydrogen) atoms. The van der Waals surface area contributed by atoms with Crippen LogP contribution in [0.15, 0.2) is 12.1 Å². The van der Waals surface area contributed by atoms with Crippen LogP contribution < -0.4 is 0 Å². The first-order valence-corrected chi connectivity index (χ1v) is 5.39. The molecule has 0 spiro atoms. The third kappa shape index (κ3) is 1.04. The van der Waals surface area contributed by atoms with Gasteiger partial charge < -0.3 is 5.11 Å². The van der Waals surface area contributed by atoms with Crippen LogP contribution >= 0.6 is 0 Å². The first kappa shape index (κ1) is 8.42. The first-order valence-electron chi connectivity index (χ1n) is 5.39. The van der Waals surface area contributed by atoms with Crippen LogP contribution in [0.5, 0.6) is 0 Å². The fourth-order valence-electron chi connectivity index (χ4n) is 2.56. The molecule has 1 saturated carbocycles. The zero-order valence-electron chi connectivity index (χ0n) is 8.45. The summed E-state index contributed by atoms with van der Waals surface area (Å²) in [6, 6.07) is 4.16. The van der Waals surface area contributed by atoms with E-state index in [1.54, 1.807) is 0 Å². The topological polar surface area (TPSA) is 33.1 Å². The lowest BCUT2D eigenvalue weighted by molar-refractivity contribution is 0.0110. The second-order valence-electron chi connectivity index (χ2n) is 4.66. The number of fused-ring (bicyclic) bond motifs is 1. The van der Waals surface area contributed by atoms with E-state index in [9.17, 15) is 5.11 Å². The van der Waals surface area contributed by atoms with Gasteiger partial charge in [0.1, 0.15) is 5.60 Å². The molecule has 0 amide bonds. The number of aliphatic hydroxyl groups is 1. The Labute approximate surface area is 84.0 Å². The average molecular weight is 189 g/mol. The third-order valence-electron chi connectivity index (χ3n) is 3.56. The minimum atomic E-state index is -0.582. The number of hydrogen-bond donors (Lipinski definition) is 1. The second kappa shape index (κ2) is 2.57. The summed E-state index contributed by atoms with van der Waals surface area (Å²) in [5.74, 6) is 0.484. The Morgan fingerprint density at radius 1 is 1.43 bits per heavy atom. The molecular weight excluding hydrogens is 174 g/mol. The third-order valence-corrected chi connectivity index (χ3v) is 3.56. The fourth-order valence-corrected chi connectivity index (χ4v) is 2.56. The number of pyridine rings is 1. The zero-order chi connectivity index (χ0) is 9.76. The Balaban J connectivity index is 2.11. The van der Waals surface area contributed by atoms with Crippen LogP contribution in [-0.4, -0.2) is 10.1 Å². The maximum absolute atomic E-state index is 10.5. The molecule has 2 aliphatic carbocycles. The summed E-state index contributed by atoms with van der Waals surface area (Å²) < 4.78 is 0. The molecule has 0 radical (unpaired) electrons. The molecule has 2 aliphatic rings. The second-order valence-corrected chi connectivity index (χ2v) is 4.66. The van der Waals surface area contributed by atoms with Crippen molar-refractivity contribution in [2.45, 2.75) is 38.2 Å². The van der Waals surface area contributed by atoms with Gasteiger partial charge in [-0.15, -0.1) is 0 Å². The van der Waals surface area contributed by atoms with Gasteiger partial charge in [-0.1, -0.05) is 6.07 Å². The van der Waals surface area contributed by atoms with E-state index in [2.05, 4.69) is 11.1 Å². The van der Waals surface area contributed by atoms with Gasteiger partial charge in [0.2, 0.25) is 0 Å². The van der Waals surface area contributed by atoms with Gasteiger partial charge in [0.05, 0.1) is 5.69 Å². The van der Waals surface area contributed by atoms with E-state index >= 15 is 0 Å². The lowest BCUT2D eigenvalue weighted by Gasteiger charge is -2.22. The molecule has 1 heterocycles. The van der Waals surface area contributed by atoms with Crippen LogP contribution in [0.25, 0.3) is 0 Å². The molecule has 2 heteroatoms. The van der Waals surface area contributed by atoms with E-state index in [-0.39, 0.29) is 0 Å². The number of nitrogens with zero attached hydrogens (tertiary/aromatic N) is 1. The maximum atomic E-state index is 10.5. The summed E-state index contributed by atoms with van der Waals surface area (Å²) in [5.41, 5.74) is 2.66. The average Bonchev–Trinajstić information content (AvgIpc) is 2.95. The molecule has 3 rings (SSSR count). The van der Waals surface area contributed by atoms with Crippen LogP contribution in [0.3, 0.4) is 0 Å². The molecule has 0 aliphatic heterocycles. The SMILES string of the molecule is Cc1ccc2c(n1)C(O)(C1CC1)CC2. The Hall–Kier alpha value is -0.890. The van der Waals surface area contributed by atoms with Crippen molar-refractivity contribution in [2.75, 3.05) is 0 Å². The van der Waals surface area contributed by atoms with Gasteiger partial charge in [-0.05, 0) is 50.2 Å². The summed E-state index contributed by atoms with van der Waals surface area (Å²) in [6.07, 6.45) is 4.22. The standard InChI is InChI=1S/C12H15NO/c1-8-2-3-9-6-7-12(14,10-4-5-10)11(9)13-8/h2-3,10,14H,4-7H2,1H3. The Morgan fingerprint density at radius 2 is 2.21 bits per heavy atom. The summed E-state index contributed by atoms with van der Waals surface area (Å²) >= 11 is 0. The summed E-state index contributed by atoms with van der Waals surface area (Å²) in [6.45, 7) is 1.99. The van der Waals surface area contributed by atoms with E-state index in [1.165, 1.54) is 18.4 Å². The van der Waals surface area contributed by atoms with Gasteiger partial charge in [-0.3, -0.25) is 4.98 Å². The van der Waals surface area contributed by atoms with E-state index in [4.69, 9.17) is 0 Å². The van der Waals surface area contributed by atoms with Crippen molar-refractivity contribution in [2.24, 2.45) is 5.92 Å².